The highest BCUT2D eigenvalue weighted by Crippen LogP contribution is 2.06. The molecule has 1 aromatic carbocycles. The molecule has 0 amide bonds. The third-order valence-corrected chi connectivity index (χ3v) is 1.84. The predicted octanol–water partition coefficient (Wildman–Crippen LogP) is 2.06. The van der Waals surface area contributed by atoms with Gasteiger partial charge in [0.15, 0.2) is 0 Å². The Balaban J connectivity index is 2.97. The van der Waals surface area contributed by atoms with E-state index in [-0.39, 0.29) is 5.56 Å². The predicted molar refractivity (Wildman–Crippen MR) is 58.7 cm³/mol. The van der Waals surface area contributed by atoms with Gasteiger partial charge < -0.3 is 5.11 Å². The lowest BCUT2D eigenvalue weighted by Gasteiger charge is -1.96. The van der Waals surface area contributed by atoms with E-state index in [2.05, 4.69) is 24.5 Å². The fourth-order valence-corrected chi connectivity index (χ4v) is 1.10. The number of aromatic carboxylic acids is 1. The minimum absolute atomic E-state index is 0.249. The van der Waals surface area contributed by atoms with Crippen molar-refractivity contribution in [2.24, 2.45) is 0 Å². The van der Waals surface area contributed by atoms with Gasteiger partial charge in [-0.3, -0.25) is 0 Å². The first-order valence-electron chi connectivity index (χ1n) is 4.17. The standard InChI is InChI=1S/C11H10O2S/c12-11(13)10-7-2-1-5-9(10)6-3-4-8-14/h1-2,5,7,14H,4,8H2,(H,12,13). The molecule has 1 N–H and O–H groups in total. The lowest BCUT2D eigenvalue weighted by molar-refractivity contribution is 0.0696. The number of thiol groups is 1. The molecule has 0 aliphatic rings. The number of hydrogen-bond acceptors (Lipinski definition) is 2. The van der Waals surface area contributed by atoms with Crippen molar-refractivity contribution in [3.63, 3.8) is 0 Å². The van der Waals surface area contributed by atoms with Crippen molar-refractivity contribution in [3.05, 3.63) is 35.4 Å². The molecule has 72 valence electrons. The Hall–Kier alpha value is -1.40. The first-order valence-corrected chi connectivity index (χ1v) is 4.81. The minimum Gasteiger partial charge on any atom is -0.478 e. The molecule has 0 bridgehead atoms. The van der Waals surface area contributed by atoms with E-state index in [1.54, 1.807) is 24.3 Å². The topological polar surface area (TPSA) is 37.3 Å². The maximum atomic E-state index is 10.8. The summed E-state index contributed by atoms with van der Waals surface area (Å²) in [6.07, 6.45) is 0.664. The van der Waals surface area contributed by atoms with Gasteiger partial charge in [-0.15, -0.1) is 0 Å². The molecule has 0 saturated carbocycles. The SMILES string of the molecule is O=C(O)c1ccccc1C#CCCS. The third-order valence-electron chi connectivity index (χ3n) is 1.62. The monoisotopic (exact) mass is 206 g/mol. The van der Waals surface area contributed by atoms with Crippen LogP contribution >= 0.6 is 12.6 Å². The number of rotatable bonds is 2. The van der Waals surface area contributed by atoms with Gasteiger partial charge in [0.1, 0.15) is 0 Å². The van der Waals surface area contributed by atoms with Crippen LogP contribution in [0.5, 0.6) is 0 Å². The first-order chi connectivity index (χ1) is 6.75. The van der Waals surface area contributed by atoms with Crippen LogP contribution in [0, 0.1) is 11.8 Å². The average molecular weight is 206 g/mol. The summed E-state index contributed by atoms with van der Waals surface area (Å²) >= 11 is 4.01. The van der Waals surface area contributed by atoms with E-state index in [0.717, 1.165) is 0 Å². The summed E-state index contributed by atoms with van der Waals surface area (Å²) in [7, 11) is 0. The Labute approximate surface area is 88.4 Å². The van der Waals surface area contributed by atoms with Crippen LogP contribution < -0.4 is 0 Å². The normalized spacial score (nSPS) is 8.93. The van der Waals surface area contributed by atoms with Gasteiger partial charge in [-0.05, 0) is 12.1 Å². The highest BCUT2D eigenvalue weighted by atomic mass is 32.1. The molecule has 2 nitrogen and oxygen atoms in total. The largest absolute Gasteiger partial charge is 0.478 e. The molecule has 0 aliphatic carbocycles. The molecule has 1 aromatic rings. The Bertz CT molecular complexity index is 388. The molecule has 3 heteroatoms. The fourth-order valence-electron chi connectivity index (χ4n) is 0.992. The summed E-state index contributed by atoms with van der Waals surface area (Å²) in [5.74, 6) is 5.41. The van der Waals surface area contributed by atoms with E-state index < -0.39 is 5.97 Å². The number of carbonyl (C=O) groups is 1. The average Bonchev–Trinajstić information content (AvgIpc) is 2.19. The molecular formula is C11H10O2S. The Morgan fingerprint density at radius 3 is 2.79 bits per heavy atom. The van der Waals surface area contributed by atoms with Crippen LogP contribution in [-0.2, 0) is 0 Å². The molecule has 0 unspecified atom stereocenters. The number of carboxylic acid groups (broad SMARTS) is 1. The van der Waals surface area contributed by atoms with Crippen LogP contribution in [0.4, 0.5) is 0 Å². The number of benzene rings is 1. The third kappa shape index (κ3) is 2.82. The van der Waals surface area contributed by atoms with E-state index in [1.165, 1.54) is 0 Å². The molecule has 1 rings (SSSR count). The first kappa shape index (κ1) is 10.7. The van der Waals surface area contributed by atoms with E-state index >= 15 is 0 Å². The second-order valence-electron chi connectivity index (χ2n) is 2.63. The van der Waals surface area contributed by atoms with Crippen molar-refractivity contribution in [3.8, 4) is 11.8 Å². The zero-order valence-corrected chi connectivity index (χ0v) is 8.42. The molecule has 0 saturated heterocycles. The zero-order valence-electron chi connectivity index (χ0n) is 7.53. The van der Waals surface area contributed by atoms with Crippen molar-refractivity contribution in [2.75, 3.05) is 5.75 Å². The lowest BCUT2D eigenvalue weighted by atomic mass is 10.1. The second kappa shape index (κ2) is 5.36. The summed E-state index contributed by atoms with van der Waals surface area (Å²) in [6, 6.07) is 6.71. The molecule has 0 radical (unpaired) electrons. The zero-order chi connectivity index (χ0) is 10.4. The van der Waals surface area contributed by atoms with Gasteiger partial charge in [0.05, 0.1) is 5.56 Å². The van der Waals surface area contributed by atoms with Gasteiger partial charge in [-0.2, -0.15) is 12.6 Å². The van der Waals surface area contributed by atoms with Gasteiger partial charge in [-0.1, -0.05) is 24.0 Å². The quantitative estimate of drug-likeness (QED) is 0.574. The van der Waals surface area contributed by atoms with Crippen molar-refractivity contribution in [1.29, 1.82) is 0 Å². The molecule has 0 atom stereocenters. The van der Waals surface area contributed by atoms with Crippen molar-refractivity contribution >= 4 is 18.6 Å². The van der Waals surface area contributed by atoms with Crippen LogP contribution in [0.1, 0.15) is 22.3 Å². The van der Waals surface area contributed by atoms with Gasteiger partial charge in [-0.25, -0.2) is 4.79 Å². The second-order valence-corrected chi connectivity index (χ2v) is 3.07. The van der Waals surface area contributed by atoms with E-state index in [9.17, 15) is 4.79 Å². The highest BCUT2D eigenvalue weighted by molar-refractivity contribution is 7.80. The fraction of sp³-hybridized carbons (Fsp3) is 0.182. The Kier molecular flexibility index (Phi) is 4.09. The van der Waals surface area contributed by atoms with Crippen LogP contribution in [0.2, 0.25) is 0 Å². The summed E-state index contributed by atoms with van der Waals surface area (Å²) in [6.45, 7) is 0. The summed E-state index contributed by atoms with van der Waals surface area (Å²) < 4.78 is 0. The molecular weight excluding hydrogens is 196 g/mol. The molecule has 14 heavy (non-hydrogen) atoms. The van der Waals surface area contributed by atoms with Gasteiger partial charge >= 0.3 is 5.97 Å². The van der Waals surface area contributed by atoms with E-state index in [4.69, 9.17) is 5.11 Å². The smallest absolute Gasteiger partial charge is 0.336 e. The Morgan fingerprint density at radius 2 is 2.14 bits per heavy atom. The van der Waals surface area contributed by atoms with Crippen LogP contribution in [0.15, 0.2) is 24.3 Å². The molecule has 0 fully saturated rings. The van der Waals surface area contributed by atoms with Crippen LogP contribution in [0.3, 0.4) is 0 Å². The minimum atomic E-state index is -0.944. The van der Waals surface area contributed by atoms with Gasteiger partial charge in [0.2, 0.25) is 0 Å². The maximum absolute atomic E-state index is 10.8. The van der Waals surface area contributed by atoms with Crippen LogP contribution in [0.25, 0.3) is 0 Å². The lowest BCUT2D eigenvalue weighted by Crippen LogP contribution is -1.99. The summed E-state index contributed by atoms with van der Waals surface area (Å²) in [5.41, 5.74) is 0.806. The number of hydrogen-bond donors (Lipinski definition) is 2. The van der Waals surface area contributed by atoms with Crippen molar-refractivity contribution < 1.29 is 9.90 Å². The molecule has 0 heterocycles. The van der Waals surface area contributed by atoms with Crippen LogP contribution in [-0.4, -0.2) is 16.8 Å². The highest BCUT2D eigenvalue weighted by Gasteiger charge is 2.05. The number of carboxylic acids is 1. The van der Waals surface area contributed by atoms with E-state index in [1.807, 2.05) is 0 Å². The summed E-state index contributed by atoms with van der Waals surface area (Å²) in [4.78, 5) is 10.8. The van der Waals surface area contributed by atoms with Gasteiger partial charge in [0, 0.05) is 17.7 Å². The van der Waals surface area contributed by atoms with Crippen molar-refractivity contribution in [1.82, 2.24) is 0 Å². The van der Waals surface area contributed by atoms with Crippen molar-refractivity contribution in [2.45, 2.75) is 6.42 Å². The maximum Gasteiger partial charge on any atom is 0.336 e. The summed E-state index contributed by atoms with van der Waals surface area (Å²) in [5, 5.41) is 8.84. The van der Waals surface area contributed by atoms with E-state index in [0.29, 0.717) is 17.7 Å². The molecule has 0 spiro atoms. The molecule has 0 aliphatic heterocycles. The Morgan fingerprint density at radius 1 is 1.43 bits per heavy atom. The van der Waals surface area contributed by atoms with Gasteiger partial charge in [0.25, 0.3) is 0 Å². The molecule has 0 aromatic heterocycles.